The Morgan fingerprint density at radius 3 is 2.29 bits per heavy atom. The third-order valence-corrected chi connectivity index (χ3v) is 4.03. The molecule has 102 valence electrons. The van der Waals surface area contributed by atoms with Gasteiger partial charge in [-0.25, -0.2) is 0 Å². The Balaban J connectivity index is 2.43. The molecule has 0 bridgehead atoms. The minimum atomic E-state index is -0.0195. The molecule has 1 N–H and O–H groups in total. The maximum Gasteiger partial charge on any atom is 0.162 e. The molecule has 1 unspecified atom stereocenters. The fourth-order valence-electron chi connectivity index (χ4n) is 2.31. The van der Waals surface area contributed by atoms with E-state index < -0.39 is 0 Å². The summed E-state index contributed by atoms with van der Waals surface area (Å²) in [5.41, 5.74) is 0.174. The van der Waals surface area contributed by atoms with E-state index in [1.807, 2.05) is 7.05 Å². The van der Waals surface area contributed by atoms with Gasteiger partial charge in [-0.05, 0) is 19.9 Å². The standard InChI is InChI=1S/C14H29NO2/c1-5-7-8-9-14(3,6-2)13-16-10-12(15-4)11-17-13/h12-13,15H,5-11H2,1-4H3. The molecule has 1 rings (SSSR count). The van der Waals surface area contributed by atoms with Crippen LogP contribution in [0.4, 0.5) is 0 Å². The molecule has 0 aromatic carbocycles. The number of hydrogen-bond acceptors (Lipinski definition) is 3. The maximum atomic E-state index is 5.88. The number of likely N-dealkylation sites (N-methyl/N-ethyl adjacent to an activating group) is 1. The summed E-state index contributed by atoms with van der Waals surface area (Å²) in [6.45, 7) is 8.32. The average molecular weight is 243 g/mol. The van der Waals surface area contributed by atoms with E-state index in [0.717, 1.165) is 19.6 Å². The summed E-state index contributed by atoms with van der Waals surface area (Å²) in [5.74, 6) is 0. The van der Waals surface area contributed by atoms with Gasteiger partial charge in [0.25, 0.3) is 0 Å². The Kier molecular flexibility index (Phi) is 6.45. The second-order valence-corrected chi connectivity index (χ2v) is 5.45. The van der Waals surface area contributed by atoms with Crippen LogP contribution in [0.2, 0.25) is 0 Å². The first kappa shape index (κ1) is 14.9. The predicted octanol–water partition coefficient (Wildman–Crippen LogP) is 2.94. The van der Waals surface area contributed by atoms with Crippen molar-refractivity contribution in [2.75, 3.05) is 20.3 Å². The first-order chi connectivity index (χ1) is 8.16. The SMILES string of the molecule is CCCCCC(C)(CC)C1OCC(NC)CO1. The van der Waals surface area contributed by atoms with Crippen molar-refractivity contribution in [3.8, 4) is 0 Å². The van der Waals surface area contributed by atoms with Gasteiger partial charge in [0.1, 0.15) is 0 Å². The molecule has 0 aromatic heterocycles. The van der Waals surface area contributed by atoms with E-state index in [0.29, 0.717) is 6.04 Å². The number of unbranched alkanes of at least 4 members (excludes halogenated alkanes) is 2. The number of nitrogens with one attached hydrogen (secondary N) is 1. The molecule has 1 aliphatic heterocycles. The molecule has 0 aromatic rings. The highest BCUT2D eigenvalue weighted by Crippen LogP contribution is 2.36. The molecule has 1 fully saturated rings. The Morgan fingerprint density at radius 1 is 1.18 bits per heavy atom. The van der Waals surface area contributed by atoms with Crippen molar-refractivity contribution >= 4 is 0 Å². The van der Waals surface area contributed by atoms with Gasteiger partial charge in [0.2, 0.25) is 0 Å². The van der Waals surface area contributed by atoms with Gasteiger partial charge in [-0.15, -0.1) is 0 Å². The maximum absolute atomic E-state index is 5.88. The topological polar surface area (TPSA) is 30.5 Å². The Bertz CT molecular complexity index is 202. The monoisotopic (exact) mass is 243 g/mol. The third-order valence-electron chi connectivity index (χ3n) is 4.03. The summed E-state index contributed by atoms with van der Waals surface area (Å²) in [7, 11) is 1.96. The molecule has 1 atom stereocenters. The van der Waals surface area contributed by atoms with E-state index in [1.54, 1.807) is 0 Å². The molecule has 3 nitrogen and oxygen atoms in total. The lowest BCUT2D eigenvalue weighted by Gasteiger charge is -2.40. The van der Waals surface area contributed by atoms with Crippen molar-refractivity contribution in [2.45, 2.75) is 65.2 Å². The first-order valence-electron chi connectivity index (χ1n) is 7.06. The molecule has 0 aliphatic carbocycles. The van der Waals surface area contributed by atoms with Gasteiger partial charge in [0.05, 0.1) is 19.3 Å². The van der Waals surface area contributed by atoms with Gasteiger partial charge in [-0.3, -0.25) is 0 Å². The van der Waals surface area contributed by atoms with E-state index in [9.17, 15) is 0 Å². The van der Waals surface area contributed by atoms with Crippen molar-refractivity contribution < 1.29 is 9.47 Å². The highest BCUT2D eigenvalue weighted by atomic mass is 16.7. The molecule has 1 heterocycles. The minimum Gasteiger partial charge on any atom is -0.350 e. The normalized spacial score (nSPS) is 28.9. The van der Waals surface area contributed by atoms with Crippen LogP contribution in [0.3, 0.4) is 0 Å². The lowest BCUT2D eigenvalue weighted by Crippen LogP contribution is -2.48. The fourth-order valence-corrected chi connectivity index (χ4v) is 2.31. The lowest BCUT2D eigenvalue weighted by atomic mass is 9.81. The lowest BCUT2D eigenvalue weighted by molar-refractivity contribution is -0.243. The second-order valence-electron chi connectivity index (χ2n) is 5.45. The van der Waals surface area contributed by atoms with Crippen LogP contribution in [0.5, 0.6) is 0 Å². The van der Waals surface area contributed by atoms with Gasteiger partial charge >= 0.3 is 0 Å². The van der Waals surface area contributed by atoms with Crippen LogP contribution in [0.25, 0.3) is 0 Å². The highest BCUT2D eigenvalue weighted by Gasteiger charge is 2.36. The fraction of sp³-hybridized carbons (Fsp3) is 1.00. The van der Waals surface area contributed by atoms with Crippen LogP contribution >= 0.6 is 0 Å². The predicted molar refractivity (Wildman–Crippen MR) is 71.1 cm³/mol. The van der Waals surface area contributed by atoms with E-state index in [1.165, 1.54) is 25.7 Å². The first-order valence-corrected chi connectivity index (χ1v) is 7.06. The minimum absolute atomic E-state index is 0.0195. The zero-order valence-electron chi connectivity index (χ0n) is 11.9. The van der Waals surface area contributed by atoms with Gasteiger partial charge in [0, 0.05) is 5.41 Å². The zero-order valence-corrected chi connectivity index (χ0v) is 11.9. The van der Waals surface area contributed by atoms with Crippen LogP contribution in [0.1, 0.15) is 52.9 Å². The summed E-state index contributed by atoms with van der Waals surface area (Å²) in [5, 5.41) is 3.20. The molecular formula is C14H29NO2. The molecule has 0 radical (unpaired) electrons. The van der Waals surface area contributed by atoms with E-state index in [4.69, 9.17) is 9.47 Å². The van der Waals surface area contributed by atoms with Crippen LogP contribution in [0.15, 0.2) is 0 Å². The number of rotatable bonds is 7. The molecule has 3 heteroatoms. The third kappa shape index (κ3) is 4.23. The van der Waals surface area contributed by atoms with Crippen molar-refractivity contribution in [1.82, 2.24) is 5.32 Å². The largest absolute Gasteiger partial charge is 0.350 e. The number of ether oxygens (including phenoxy) is 2. The van der Waals surface area contributed by atoms with E-state index in [-0.39, 0.29) is 11.7 Å². The van der Waals surface area contributed by atoms with Gasteiger partial charge in [0.15, 0.2) is 6.29 Å². The van der Waals surface area contributed by atoms with E-state index >= 15 is 0 Å². The molecule has 17 heavy (non-hydrogen) atoms. The van der Waals surface area contributed by atoms with Crippen LogP contribution in [0, 0.1) is 5.41 Å². The van der Waals surface area contributed by atoms with Crippen molar-refractivity contribution in [3.05, 3.63) is 0 Å². The Hall–Kier alpha value is -0.120. The second kappa shape index (κ2) is 7.34. The van der Waals surface area contributed by atoms with Crippen molar-refractivity contribution in [2.24, 2.45) is 5.41 Å². The summed E-state index contributed by atoms with van der Waals surface area (Å²) < 4.78 is 11.8. The highest BCUT2D eigenvalue weighted by molar-refractivity contribution is 4.80. The molecule has 0 spiro atoms. The van der Waals surface area contributed by atoms with Crippen LogP contribution in [-0.2, 0) is 9.47 Å². The van der Waals surface area contributed by atoms with Crippen molar-refractivity contribution in [3.63, 3.8) is 0 Å². The zero-order chi connectivity index (χ0) is 12.7. The average Bonchev–Trinajstić information content (AvgIpc) is 2.39. The molecule has 1 saturated heterocycles. The van der Waals surface area contributed by atoms with Crippen LogP contribution in [-0.4, -0.2) is 32.6 Å². The molecule has 1 aliphatic rings. The summed E-state index contributed by atoms with van der Waals surface area (Å²) in [6, 6.07) is 0.350. The van der Waals surface area contributed by atoms with E-state index in [2.05, 4.69) is 26.1 Å². The van der Waals surface area contributed by atoms with Crippen LogP contribution < -0.4 is 5.32 Å². The molecular weight excluding hydrogens is 214 g/mol. The van der Waals surface area contributed by atoms with Crippen molar-refractivity contribution in [1.29, 1.82) is 0 Å². The summed E-state index contributed by atoms with van der Waals surface area (Å²) >= 11 is 0. The smallest absolute Gasteiger partial charge is 0.162 e. The van der Waals surface area contributed by atoms with Gasteiger partial charge in [-0.1, -0.05) is 40.0 Å². The molecule has 0 saturated carbocycles. The summed E-state index contributed by atoms with van der Waals surface area (Å²) in [6.07, 6.45) is 6.15. The Morgan fingerprint density at radius 2 is 1.82 bits per heavy atom. The molecule has 0 amide bonds. The van der Waals surface area contributed by atoms with Gasteiger partial charge < -0.3 is 14.8 Å². The number of hydrogen-bond donors (Lipinski definition) is 1. The van der Waals surface area contributed by atoms with Gasteiger partial charge in [-0.2, -0.15) is 0 Å². The Labute approximate surface area is 106 Å². The summed E-state index contributed by atoms with van der Waals surface area (Å²) in [4.78, 5) is 0. The quantitative estimate of drug-likeness (QED) is 0.697.